The van der Waals surface area contributed by atoms with E-state index in [-0.39, 0.29) is 18.5 Å². The number of nitrogens with zero attached hydrogens (tertiary/aromatic N) is 1. The van der Waals surface area contributed by atoms with E-state index in [0.29, 0.717) is 10.8 Å². The van der Waals surface area contributed by atoms with Gasteiger partial charge in [0, 0.05) is 19.2 Å². The van der Waals surface area contributed by atoms with Gasteiger partial charge < -0.3 is 19.5 Å². The molecule has 0 saturated heterocycles. The van der Waals surface area contributed by atoms with Crippen LogP contribution in [0.5, 0.6) is 5.75 Å². The minimum atomic E-state index is -3.36. The molecule has 1 aromatic carbocycles. The van der Waals surface area contributed by atoms with Crippen LogP contribution in [-0.4, -0.2) is 38.7 Å². The Morgan fingerprint density at radius 2 is 2.09 bits per heavy atom. The molecule has 2 amide bonds. The number of urea groups is 1. The fraction of sp³-hybridized carbons (Fsp3) is 0.333. The van der Waals surface area contributed by atoms with Crippen LogP contribution < -0.4 is 15.9 Å². The van der Waals surface area contributed by atoms with Gasteiger partial charge in [-0.25, -0.2) is 10.2 Å². The van der Waals surface area contributed by atoms with Crippen LogP contribution in [0.1, 0.15) is 0 Å². The summed E-state index contributed by atoms with van der Waals surface area (Å²) in [7, 11) is -0.855. The maximum Gasteiger partial charge on any atom is 0.335 e. The van der Waals surface area contributed by atoms with E-state index in [1.807, 2.05) is 0 Å². The van der Waals surface area contributed by atoms with Crippen LogP contribution in [0.2, 0.25) is 5.02 Å². The second-order valence-corrected chi connectivity index (χ2v) is 6.74. The van der Waals surface area contributed by atoms with Gasteiger partial charge in [0.25, 0.3) is 0 Å². The van der Waals surface area contributed by atoms with Crippen molar-refractivity contribution in [3.63, 3.8) is 0 Å². The second-order valence-electron chi connectivity index (χ2n) is 4.03. The molecule has 0 fully saturated rings. The molecule has 1 rings (SSSR count). The molecule has 10 heteroatoms. The molecule has 122 valence electrons. The lowest BCUT2D eigenvalue weighted by Crippen LogP contribution is -2.28. The zero-order valence-corrected chi connectivity index (χ0v) is 13.8. The van der Waals surface area contributed by atoms with Crippen molar-refractivity contribution in [3.8, 4) is 5.75 Å². The monoisotopic (exact) mass is 349 g/mol. The Bertz CT molecular complexity index is 588. The Labute approximate surface area is 133 Å². The first-order valence-corrected chi connectivity index (χ1v) is 8.19. The number of hydrogen-bond acceptors (Lipinski definition) is 6. The lowest BCUT2D eigenvalue weighted by atomic mass is 10.3. The standard InChI is InChI=1S/C12H17ClN3O5P/c1-19-22(18,20-2)8-10(15-16-12(14)17)7-21-11-5-3-4-9(13)6-11/h3-6H,7-8H2,1-2H3,(H3,14,16,17)/b15-10+. The van der Waals surface area contributed by atoms with Gasteiger partial charge in [-0.3, -0.25) is 4.57 Å². The van der Waals surface area contributed by atoms with Crippen LogP contribution >= 0.6 is 19.2 Å². The number of halogens is 1. The van der Waals surface area contributed by atoms with E-state index in [4.69, 9.17) is 31.1 Å². The molecular formula is C12H17ClN3O5P. The zero-order chi connectivity index (χ0) is 16.6. The number of carbonyl (C=O) groups excluding carboxylic acids is 1. The second kappa shape index (κ2) is 8.75. The molecule has 0 aliphatic rings. The van der Waals surface area contributed by atoms with Crippen LogP contribution in [0.25, 0.3) is 0 Å². The summed E-state index contributed by atoms with van der Waals surface area (Å²) in [6, 6.07) is 5.85. The first kappa shape index (κ1) is 18.4. The first-order chi connectivity index (χ1) is 10.4. The number of primary amides is 1. The van der Waals surface area contributed by atoms with Crippen molar-refractivity contribution in [3.05, 3.63) is 29.3 Å². The number of amides is 2. The van der Waals surface area contributed by atoms with Crippen molar-refractivity contribution < 1.29 is 23.1 Å². The Morgan fingerprint density at radius 1 is 1.41 bits per heavy atom. The number of benzene rings is 1. The number of hydrogen-bond donors (Lipinski definition) is 2. The average molecular weight is 350 g/mol. The first-order valence-electron chi connectivity index (χ1n) is 6.08. The summed E-state index contributed by atoms with van der Waals surface area (Å²) in [4.78, 5) is 10.7. The highest BCUT2D eigenvalue weighted by molar-refractivity contribution is 7.54. The van der Waals surface area contributed by atoms with Gasteiger partial charge in [0.15, 0.2) is 0 Å². The van der Waals surface area contributed by atoms with E-state index < -0.39 is 13.6 Å². The Hall–Kier alpha value is -1.60. The van der Waals surface area contributed by atoms with Crippen LogP contribution in [0.4, 0.5) is 4.79 Å². The Morgan fingerprint density at radius 3 is 2.64 bits per heavy atom. The number of nitrogens with one attached hydrogen (secondary N) is 1. The number of hydrazone groups is 1. The van der Waals surface area contributed by atoms with Crippen LogP contribution in [-0.2, 0) is 13.6 Å². The molecule has 0 radical (unpaired) electrons. The van der Waals surface area contributed by atoms with Gasteiger partial charge in [0.05, 0.1) is 11.9 Å². The minimum absolute atomic E-state index is 0.0582. The van der Waals surface area contributed by atoms with Crippen molar-refractivity contribution in [1.29, 1.82) is 0 Å². The van der Waals surface area contributed by atoms with E-state index >= 15 is 0 Å². The van der Waals surface area contributed by atoms with Gasteiger partial charge in [-0.15, -0.1) is 0 Å². The zero-order valence-electron chi connectivity index (χ0n) is 12.1. The normalized spacial score (nSPS) is 12.0. The van der Waals surface area contributed by atoms with E-state index in [1.54, 1.807) is 24.3 Å². The average Bonchev–Trinajstić information content (AvgIpc) is 2.49. The highest BCUT2D eigenvalue weighted by Crippen LogP contribution is 2.46. The predicted molar refractivity (Wildman–Crippen MR) is 83.6 cm³/mol. The van der Waals surface area contributed by atoms with Crippen molar-refractivity contribution >= 4 is 30.9 Å². The van der Waals surface area contributed by atoms with Crippen molar-refractivity contribution in [2.24, 2.45) is 10.8 Å². The van der Waals surface area contributed by atoms with Gasteiger partial charge in [0.1, 0.15) is 12.4 Å². The van der Waals surface area contributed by atoms with Crippen molar-refractivity contribution in [2.45, 2.75) is 0 Å². The fourth-order valence-corrected chi connectivity index (χ4v) is 2.59. The lowest BCUT2D eigenvalue weighted by Gasteiger charge is -2.15. The molecule has 0 atom stereocenters. The van der Waals surface area contributed by atoms with Gasteiger partial charge >= 0.3 is 13.6 Å². The Balaban J connectivity index is 2.80. The van der Waals surface area contributed by atoms with Gasteiger partial charge in [-0.05, 0) is 18.2 Å². The molecule has 0 aliphatic heterocycles. The quantitative estimate of drug-likeness (QED) is 0.424. The molecule has 1 aromatic rings. The summed E-state index contributed by atoms with van der Waals surface area (Å²) < 4.78 is 27.3. The molecule has 3 N–H and O–H groups in total. The van der Waals surface area contributed by atoms with Gasteiger partial charge in [-0.2, -0.15) is 5.10 Å². The van der Waals surface area contributed by atoms with E-state index in [1.165, 1.54) is 14.2 Å². The third kappa shape index (κ3) is 6.44. The predicted octanol–water partition coefficient (Wildman–Crippen LogP) is 2.23. The van der Waals surface area contributed by atoms with E-state index in [9.17, 15) is 9.36 Å². The van der Waals surface area contributed by atoms with Gasteiger partial charge in [-0.1, -0.05) is 17.7 Å². The molecular weight excluding hydrogens is 333 g/mol. The molecule has 0 heterocycles. The minimum Gasteiger partial charge on any atom is -0.488 e. The van der Waals surface area contributed by atoms with Crippen LogP contribution in [0, 0.1) is 0 Å². The summed E-state index contributed by atoms with van der Waals surface area (Å²) >= 11 is 5.85. The maximum atomic E-state index is 12.1. The molecule has 8 nitrogen and oxygen atoms in total. The van der Waals surface area contributed by atoms with Crippen LogP contribution in [0.3, 0.4) is 0 Å². The van der Waals surface area contributed by atoms with Gasteiger partial charge in [0.2, 0.25) is 0 Å². The summed E-state index contributed by atoms with van der Waals surface area (Å²) in [5, 5.41) is 4.25. The van der Waals surface area contributed by atoms with E-state index in [2.05, 4.69) is 10.5 Å². The summed E-state index contributed by atoms with van der Waals surface area (Å²) in [5.74, 6) is 0.490. The fourth-order valence-electron chi connectivity index (χ4n) is 1.40. The number of carbonyl (C=O) groups is 1. The van der Waals surface area contributed by atoms with Crippen molar-refractivity contribution in [2.75, 3.05) is 27.0 Å². The van der Waals surface area contributed by atoms with Crippen molar-refractivity contribution in [1.82, 2.24) is 5.43 Å². The summed E-state index contributed by atoms with van der Waals surface area (Å²) in [6.45, 7) is -0.0582. The van der Waals surface area contributed by atoms with E-state index in [0.717, 1.165) is 0 Å². The number of rotatable bonds is 8. The molecule has 0 aliphatic carbocycles. The highest BCUT2D eigenvalue weighted by atomic mass is 35.5. The van der Waals surface area contributed by atoms with Crippen LogP contribution in [0.15, 0.2) is 29.4 Å². The lowest BCUT2D eigenvalue weighted by molar-refractivity contribution is 0.249. The molecule has 0 unspecified atom stereocenters. The third-order valence-electron chi connectivity index (χ3n) is 2.46. The number of ether oxygens (including phenoxy) is 1. The molecule has 0 bridgehead atoms. The highest BCUT2D eigenvalue weighted by Gasteiger charge is 2.24. The Kier molecular flexibility index (Phi) is 7.34. The maximum absolute atomic E-state index is 12.1. The topological polar surface area (TPSA) is 112 Å². The SMILES string of the molecule is COP(=O)(C/C(COc1cccc(Cl)c1)=N/NC(N)=O)OC. The molecule has 0 saturated carbocycles. The summed E-state index contributed by atoms with van der Waals surface area (Å²) in [5.41, 5.74) is 7.23. The molecule has 22 heavy (non-hydrogen) atoms. The summed E-state index contributed by atoms with van der Waals surface area (Å²) in [6.07, 6.45) is -0.166. The molecule has 0 aromatic heterocycles. The molecule has 0 spiro atoms. The third-order valence-corrected chi connectivity index (χ3v) is 4.56. The number of nitrogens with two attached hydrogens (primary N) is 1. The smallest absolute Gasteiger partial charge is 0.335 e. The largest absolute Gasteiger partial charge is 0.488 e.